The third-order valence-corrected chi connectivity index (χ3v) is 2.31. The van der Waals surface area contributed by atoms with Crippen molar-refractivity contribution in [1.29, 1.82) is 0 Å². The summed E-state index contributed by atoms with van der Waals surface area (Å²) in [6.07, 6.45) is -0.822. The maximum atomic E-state index is 11.8. The van der Waals surface area contributed by atoms with Gasteiger partial charge >= 0.3 is 6.98 Å². The average molecular weight is 199 g/mol. The van der Waals surface area contributed by atoms with Crippen molar-refractivity contribution in [3.8, 4) is 0 Å². The van der Waals surface area contributed by atoms with Crippen molar-refractivity contribution in [2.24, 2.45) is 0 Å². The molecule has 0 amide bonds. The fourth-order valence-electron chi connectivity index (χ4n) is 0.690. The van der Waals surface area contributed by atoms with E-state index in [9.17, 15) is 12.9 Å². The lowest BCUT2D eigenvalue weighted by molar-refractivity contribution is 0.469. The predicted octanol–water partition coefficient (Wildman–Crippen LogP) is 3.33. The number of hydrogen-bond donors (Lipinski definition) is 0. The smallest absolute Gasteiger partial charge is 0.449 e. The Bertz CT molecular complexity index is 244. The molecule has 0 radical (unpaired) electrons. The summed E-state index contributed by atoms with van der Waals surface area (Å²) in [5.74, 6) is 0. The molecule has 1 aromatic rings. The monoisotopic (exact) mass is 199 g/mol. The van der Waals surface area contributed by atoms with Gasteiger partial charge in [-0.15, -0.1) is 11.3 Å². The van der Waals surface area contributed by atoms with Crippen LogP contribution in [0, 0.1) is 0 Å². The second kappa shape index (κ2) is 3.07. The van der Waals surface area contributed by atoms with Gasteiger partial charge in [0.2, 0.25) is 0 Å². The zero-order valence-electron chi connectivity index (χ0n) is 5.36. The Balaban J connectivity index is 2.65. The van der Waals surface area contributed by atoms with E-state index in [2.05, 4.69) is 0 Å². The molecule has 0 unspecified atom stereocenters. The van der Waals surface area contributed by atoms with Gasteiger partial charge in [0.05, 0.1) is 4.34 Å². The van der Waals surface area contributed by atoms with Gasteiger partial charge in [-0.1, -0.05) is 17.9 Å². The Kier molecular flexibility index (Phi) is 2.49. The molecule has 0 aliphatic carbocycles. The van der Waals surface area contributed by atoms with Gasteiger partial charge in [-0.05, 0) is 17.0 Å². The van der Waals surface area contributed by atoms with Crippen molar-refractivity contribution >= 4 is 29.9 Å². The van der Waals surface area contributed by atoms with E-state index in [1.165, 1.54) is 12.1 Å². The van der Waals surface area contributed by atoms with Gasteiger partial charge < -0.3 is 12.9 Å². The van der Waals surface area contributed by atoms with Gasteiger partial charge in [0.25, 0.3) is 0 Å². The second-order valence-corrected chi connectivity index (χ2v) is 3.92. The van der Waals surface area contributed by atoms with Crippen molar-refractivity contribution in [3.05, 3.63) is 21.3 Å². The van der Waals surface area contributed by atoms with E-state index >= 15 is 0 Å². The summed E-state index contributed by atoms with van der Waals surface area (Å²) in [5, 5.41) is 0. The van der Waals surface area contributed by atoms with Crippen LogP contribution in [0.2, 0.25) is 4.34 Å². The van der Waals surface area contributed by atoms with Crippen LogP contribution in [0.4, 0.5) is 12.9 Å². The van der Waals surface area contributed by atoms with Crippen LogP contribution < -0.4 is 0 Å². The largest absolute Gasteiger partial charge is 0.483 e. The minimum atomic E-state index is -4.72. The molecule has 0 atom stereocenters. The minimum absolute atomic E-state index is 0.280. The van der Waals surface area contributed by atoms with E-state index in [4.69, 9.17) is 11.6 Å². The fourth-order valence-corrected chi connectivity index (χ4v) is 1.84. The lowest BCUT2D eigenvalue weighted by Gasteiger charge is -2.10. The van der Waals surface area contributed by atoms with Crippen LogP contribution in [0.15, 0.2) is 12.1 Å². The van der Waals surface area contributed by atoms with Gasteiger partial charge in [-0.25, -0.2) is 0 Å². The number of rotatable bonds is 2. The SMILES string of the molecule is F[B-](F)(F)Cc1ccc(Cl)s1. The molecule has 0 saturated heterocycles. The van der Waals surface area contributed by atoms with Crippen molar-refractivity contribution in [1.82, 2.24) is 0 Å². The van der Waals surface area contributed by atoms with Crippen molar-refractivity contribution in [3.63, 3.8) is 0 Å². The summed E-state index contributed by atoms with van der Waals surface area (Å²) < 4.78 is 35.7. The molecule has 1 rings (SSSR count). The highest BCUT2D eigenvalue weighted by Gasteiger charge is 2.23. The lowest BCUT2D eigenvalue weighted by Crippen LogP contribution is -2.18. The van der Waals surface area contributed by atoms with Crippen LogP contribution in [0.5, 0.6) is 0 Å². The predicted molar refractivity (Wildman–Crippen MR) is 42.1 cm³/mol. The summed E-state index contributed by atoms with van der Waals surface area (Å²) >= 11 is 6.42. The van der Waals surface area contributed by atoms with Gasteiger partial charge in [0.15, 0.2) is 0 Å². The van der Waals surface area contributed by atoms with E-state index < -0.39 is 13.3 Å². The Labute approximate surface area is 71.0 Å². The highest BCUT2D eigenvalue weighted by atomic mass is 35.5. The average Bonchev–Trinajstić information content (AvgIpc) is 2.10. The van der Waals surface area contributed by atoms with Gasteiger partial charge in [-0.3, -0.25) is 0 Å². The summed E-state index contributed by atoms with van der Waals surface area (Å²) in [5.41, 5.74) is 0. The van der Waals surface area contributed by atoms with Crippen LogP contribution in [0.25, 0.3) is 0 Å². The van der Waals surface area contributed by atoms with E-state index in [0.717, 1.165) is 11.3 Å². The number of hydrogen-bond acceptors (Lipinski definition) is 1. The topological polar surface area (TPSA) is 0 Å². The summed E-state index contributed by atoms with van der Waals surface area (Å²) in [6, 6.07) is 2.88. The Morgan fingerprint density at radius 2 is 2.00 bits per heavy atom. The molecule has 0 N–H and O–H groups in total. The highest BCUT2D eigenvalue weighted by Crippen LogP contribution is 2.25. The molecule has 0 bridgehead atoms. The first kappa shape index (κ1) is 8.94. The van der Waals surface area contributed by atoms with E-state index in [1.807, 2.05) is 0 Å². The normalized spacial score (nSPS) is 12.0. The fraction of sp³-hybridized carbons (Fsp3) is 0.200. The third kappa shape index (κ3) is 3.16. The standard InChI is InChI=1S/C5H4BClF3S/c7-5-2-1-4(11-5)3-6(8,9)10/h1-2H,3H2/q-1. The zero-order chi connectivity index (χ0) is 8.48. The molecule has 0 aromatic carbocycles. The molecular formula is C5H4BClF3S-. The first-order valence-electron chi connectivity index (χ1n) is 2.92. The quantitative estimate of drug-likeness (QED) is 0.641. The molecule has 0 spiro atoms. The number of halogens is 4. The third-order valence-electron chi connectivity index (χ3n) is 1.06. The Morgan fingerprint density at radius 1 is 1.36 bits per heavy atom. The zero-order valence-corrected chi connectivity index (χ0v) is 6.93. The molecule has 11 heavy (non-hydrogen) atoms. The van der Waals surface area contributed by atoms with Crippen LogP contribution in [0.1, 0.15) is 4.88 Å². The number of thiophene rings is 1. The van der Waals surface area contributed by atoms with Crippen molar-refractivity contribution in [2.75, 3.05) is 0 Å². The minimum Gasteiger partial charge on any atom is -0.449 e. The van der Waals surface area contributed by atoms with Gasteiger partial charge in [0.1, 0.15) is 0 Å². The second-order valence-electron chi connectivity index (χ2n) is 2.12. The molecular weight excluding hydrogens is 195 g/mol. The first-order valence-corrected chi connectivity index (χ1v) is 4.12. The van der Waals surface area contributed by atoms with E-state index in [1.54, 1.807) is 0 Å². The van der Waals surface area contributed by atoms with E-state index in [0.29, 0.717) is 4.34 Å². The van der Waals surface area contributed by atoms with Gasteiger partial charge in [0, 0.05) is 0 Å². The molecule has 0 aliphatic rings. The molecule has 0 fully saturated rings. The molecule has 1 heterocycles. The Hall–Kier alpha value is -0.155. The first-order chi connectivity index (χ1) is 4.97. The molecule has 62 valence electrons. The van der Waals surface area contributed by atoms with Crippen LogP contribution in [-0.2, 0) is 6.32 Å². The molecule has 0 saturated carbocycles. The molecule has 0 aliphatic heterocycles. The highest BCUT2D eigenvalue weighted by molar-refractivity contribution is 7.16. The van der Waals surface area contributed by atoms with Crippen LogP contribution in [0.3, 0.4) is 0 Å². The maximum absolute atomic E-state index is 11.8. The lowest BCUT2D eigenvalue weighted by atomic mass is 9.85. The van der Waals surface area contributed by atoms with Crippen LogP contribution >= 0.6 is 22.9 Å². The summed E-state index contributed by atoms with van der Waals surface area (Å²) in [6.45, 7) is -4.72. The summed E-state index contributed by atoms with van der Waals surface area (Å²) in [4.78, 5) is 0.280. The van der Waals surface area contributed by atoms with Gasteiger partial charge in [-0.2, -0.15) is 0 Å². The molecule has 0 nitrogen and oxygen atoms in total. The maximum Gasteiger partial charge on any atom is 0.483 e. The van der Waals surface area contributed by atoms with Crippen molar-refractivity contribution < 1.29 is 12.9 Å². The molecule has 1 aromatic heterocycles. The Morgan fingerprint density at radius 3 is 2.36 bits per heavy atom. The summed E-state index contributed by atoms with van der Waals surface area (Å²) in [7, 11) is 0. The van der Waals surface area contributed by atoms with Crippen molar-refractivity contribution in [2.45, 2.75) is 6.32 Å². The van der Waals surface area contributed by atoms with E-state index in [-0.39, 0.29) is 4.88 Å². The molecule has 6 heteroatoms. The van der Waals surface area contributed by atoms with Crippen LogP contribution in [-0.4, -0.2) is 6.98 Å².